The van der Waals surface area contributed by atoms with Gasteiger partial charge in [-0.2, -0.15) is 0 Å². The Morgan fingerprint density at radius 2 is 1.71 bits per heavy atom. The zero-order valence-electron chi connectivity index (χ0n) is 13.3. The lowest BCUT2D eigenvalue weighted by atomic mass is 10.0. The average Bonchev–Trinajstić information content (AvgIpc) is 2.40. The van der Waals surface area contributed by atoms with Crippen molar-refractivity contribution in [2.24, 2.45) is 0 Å². The number of nitrogens with zero attached hydrogens (tertiary/aromatic N) is 3. The van der Waals surface area contributed by atoms with Crippen LogP contribution in [0.5, 0.6) is 0 Å². The molecule has 0 bridgehead atoms. The first-order valence-corrected chi connectivity index (χ1v) is 8.11. The van der Waals surface area contributed by atoms with Gasteiger partial charge in [0.2, 0.25) is 5.95 Å². The van der Waals surface area contributed by atoms with Gasteiger partial charge in [0, 0.05) is 22.4 Å². The molecule has 1 aromatic carbocycles. The Labute approximate surface area is 135 Å². The molecule has 1 aromatic heterocycles. The highest BCUT2D eigenvalue weighted by Gasteiger charge is 2.15. The summed E-state index contributed by atoms with van der Waals surface area (Å²) in [5.74, 6) is 1.27. The molecule has 0 N–H and O–H groups in total. The first kappa shape index (κ1) is 16.0. The maximum Gasteiger partial charge on any atom is 0.230 e. The molecule has 21 heavy (non-hydrogen) atoms. The van der Waals surface area contributed by atoms with Crippen LogP contribution in [0.25, 0.3) is 0 Å². The van der Waals surface area contributed by atoms with Crippen LogP contribution in [0.3, 0.4) is 0 Å². The zero-order chi connectivity index (χ0) is 15.6. The molecule has 112 valence electrons. The third-order valence-electron chi connectivity index (χ3n) is 3.46. The Morgan fingerprint density at radius 3 is 2.19 bits per heavy atom. The minimum atomic E-state index is 0.517. The summed E-state index contributed by atoms with van der Waals surface area (Å²) in [6.45, 7) is 11.3. The quantitative estimate of drug-likeness (QED) is 0.766. The Bertz CT molecular complexity index is 618. The summed E-state index contributed by atoms with van der Waals surface area (Å²) in [5.41, 5.74) is 4.41. The highest BCUT2D eigenvalue weighted by molar-refractivity contribution is 9.10. The van der Waals surface area contributed by atoms with E-state index in [1.54, 1.807) is 0 Å². The molecule has 2 rings (SSSR count). The van der Waals surface area contributed by atoms with E-state index >= 15 is 0 Å². The lowest BCUT2D eigenvalue weighted by Crippen LogP contribution is -2.20. The van der Waals surface area contributed by atoms with Crippen molar-refractivity contribution in [3.8, 4) is 0 Å². The van der Waals surface area contributed by atoms with Crippen LogP contribution < -0.4 is 4.90 Å². The number of benzene rings is 1. The van der Waals surface area contributed by atoms with E-state index in [1.165, 1.54) is 5.56 Å². The molecule has 0 radical (unpaired) electrons. The van der Waals surface area contributed by atoms with Crippen molar-refractivity contribution in [2.45, 2.75) is 40.5 Å². The predicted molar refractivity (Wildman–Crippen MR) is 92.4 cm³/mol. The fourth-order valence-corrected chi connectivity index (χ4v) is 2.96. The standard InChI is InChI=1S/C17H22BrN3/c1-6-21(17-19-12(4)9-13(5)20-17)16-8-7-14(11(2)3)10-15(16)18/h7-11H,6H2,1-5H3. The van der Waals surface area contributed by atoms with Gasteiger partial charge in [0.15, 0.2) is 0 Å². The fourth-order valence-electron chi connectivity index (χ4n) is 2.35. The number of anilines is 2. The van der Waals surface area contributed by atoms with Gasteiger partial charge in [-0.15, -0.1) is 0 Å². The topological polar surface area (TPSA) is 29.0 Å². The Kier molecular flexibility index (Phi) is 4.99. The second-order valence-corrected chi connectivity index (χ2v) is 6.41. The van der Waals surface area contributed by atoms with E-state index in [0.29, 0.717) is 5.92 Å². The van der Waals surface area contributed by atoms with Crippen molar-refractivity contribution >= 4 is 27.6 Å². The van der Waals surface area contributed by atoms with Gasteiger partial charge in [-0.3, -0.25) is 0 Å². The van der Waals surface area contributed by atoms with Crippen molar-refractivity contribution in [3.05, 3.63) is 45.7 Å². The van der Waals surface area contributed by atoms with Crippen LogP contribution in [-0.2, 0) is 0 Å². The van der Waals surface area contributed by atoms with E-state index in [4.69, 9.17) is 0 Å². The molecule has 0 saturated heterocycles. The first-order chi connectivity index (χ1) is 9.92. The van der Waals surface area contributed by atoms with Gasteiger partial charge in [0.25, 0.3) is 0 Å². The molecule has 4 heteroatoms. The van der Waals surface area contributed by atoms with Crippen LogP contribution in [0.2, 0.25) is 0 Å². The average molecular weight is 348 g/mol. The zero-order valence-corrected chi connectivity index (χ0v) is 14.9. The van der Waals surface area contributed by atoms with E-state index < -0.39 is 0 Å². The molecule has 0 amide bonds. The number of hydrogen-bond donors (Lipinski definition) is 0. The van der Waals surface area contributed by atoms with Gasteiger partial charge in [0.1, 0.15) is 0 Å². The summed E-state index contributed by atoms with van der Waals surface area (Å²) in [5, 5.41) is 0. The minimum absolute atomic E-state index is 0.517. The molecule has 1 heterocycles. The second-order valence-electron chi connectivity index (χ2n) is 5.56. The Balaban J connectivity index is 2.46. The van der Waals surface area contributed by atoms with Gasteiger partial charge >= 0.3 is 0 Å². The second kappa shape index (κ2) is 6.56. The molecular formula is C17H22BrN3. The number of aryl methyl sites for hydroxylation is 2. The first-order valence-electron chi connectivity index (χ1n) is 7.31. The summed E-state index contributed by atoms with van der Waals surface area (Å²) < 4.78 is 1.08. The molecule has 0 aliphatic heterocycles. The lowest BCUT2D eigenvalue weighted by Gasteiger charge is -2.23. The Morgan fingerprint density at radius 1 is 1.10 bits per heavy atom. The van der Waals surface area contributed by atoms with Gasteiger partial charge in [-0.05, 0) is 66.4 Å². The third kappa shape index (κ3) is 3.62. The van der Waals surface area contributed by atoms with Gasteiger partial charge in [-0.25, -0.2) is 9.97 Å². The van der Waals surface area contributed by atoms with E-state index in [1.807, 2.05) is 19.9 Å². The van der Waals surface area contributed by atoms with Crippen LogP contribution in [0, 0.1) is 13.8 Å². The molecule has 0 fully saturated rings. The van der Waals surface area contributed by atoms with Crippen molar-refractivity contribution < 1.29 is 0 Å². The van der Waals surface area contributed by atoms with Crippen molar-refractivity contribution in [1.29, 1.82) is 0 Å². The van der Waals surface area contributed by atoms with Crippen LogP contribution in [-0.4, -0.2) is 16.5 Å². The molecule has 0 saturated carbocycles. The van der Waals surface area contributed by atoms with Crippen LogP contribution in [0.15, 0.2) is 28.7 Å². The maximum atomic E-state index is 4.57. The minimum Gasteiger partial charge on any atom is -0.310 e. The van der Waals surface area contributed by atoms with Crippen molar-refractivity contribution in [1.82, 2.24) is 9.97 Å². The van der Waals surface area contributed by atoms with Crippen LogP contribution in [0.1, 0.15) is 43.6 Å². The van der Waals surface area contributed by atoms with Crippen molar-refractivity contribution in [2.75, 3.05) is 11.4 Å². The number of halogens is 1. The SMILES string of the molecule is CCN(c1nc(C)cc(C)n1)c1ccc(C(C)C)cc1Br. The predicted octanol–water partition coefficient (Wildman–Crippen LogP) is 5.14. The van der Waals surface area contributed by atoms with E-state index in [2.05, 4.69) is 69.8 Å². The van der Waals surface area contributed by atoms with Crippen LogP contribution in [0.4, 0.5) is 11.6 Å². The van der Waals surface area contributed by atoms with Gasteiger partial charge in [0.05, 0.1) is 5.69 Å². The van der Waals surface area contributed by atoms with Crippen molar-refractivity contribution in [3.63, 3.8) is 0 Å². The van der Waals surface area contributed by atoms with Gasteiger partial charge < -0.3 is 4.90 Å². The van der Waals surface area contributed by atoms with E-state index in [9.17, 15) is 0 Å². The summed E-state index contributed by atoms with van der Waals surface area (Å²) in [7, 11) is 0. The summed E-state index contributed by atoms with van der Waals surface area (Å²) >= 11 is 3.69. The molecule has 0 aliphatic rings. The van der Waals surface area contributed by atoms with E-state index in [-0.39, 0.29) is 0 Å². The number of hydrogen-bond acceptors (Lipinski definition) is 3. The van der Waals surface area contributed by atoms with Gasteiger partial charge in [-0.1, -0.05) is 19.9 Å². The van der Waals surface area contributed by atoms with Crippen LogP contribution >= 0.6 is 15.9 Å². The summed E-state index contributed by atoms with van der Waals surface area (Å²) in [6, 6.07) is 8.50. The number of aromatic nitrogens is 2. The molecule has 3 nitrogen and oxygen atoms in total. The smallest absolute Gasteiger partial charge is 0.230 e. The molecule has 0 atom stereocenters. The Hall–Kier alpha value is -1.42. The molecular weight excluding hydrogens is 326 g/mol. The summed E-state index contributed by atoms with van der Waals surface area (Å²) in [4.78, 5) is 11.3. The lowest BCUT2D eigenvalue weighted by molar-refractivity contribution is 0.862. The maximum absolute atomic E-state index is 4.57. The highest BCUT2D eigenvalue weighted by atomic mass is 79.9. The molecule has 0 spiro atoms. The molecule has 0 unspecified atom stereocenters. The van der Waals surface area contributed by atoms with E-state index in [0.717, 1.165) is 34.0 Å². The highest BCUT2D eigenvalue weighted by Crippen LogP contribution is 2.33. The third-order valence-corrected chi connectivity index (χ3v) is 4.09. The molecule has 0 aliphatic carbocycles. The largest absolute Gasteiger partial charge is 0.310 e. The summed E-state index contributed by atoms with van der Waals surface area (Å²) in [6.07, 6.45) is 0. The number of rotatable bonds is 4. The fraction of sp³-hybridized carbons (Fsp3) is 0.412. The monoisotopic (exact) mass is 347 g/mol. The molecule has 2 aromatic rings. The normalized spacial score (nSPS) is 11.0.